The minimum Gasteiger partial charge on any atom is -0.449 e. The number of aryl methyl sites for hydroxylation is 1. The van der Waals surface area contributed by atoms with E-state index < -0.39 is 0 Å². The van der Waals surface area contributed by atoms with Crippen LogP contribution >= 0.6 is 0 Å². The van der Waals surface area contributed by atoms with Crippen molar-refractivity contribution < 1.29 is 14.3 Å². The molecule has 0 atom stereocenters. The van der Waals surface area contributed by atoms with Gasteiger partial charge in [-0.05, 0) is 18.9 Å². The second-order valence-electron chi connectivity index (χ2n) is 6.32. The van der Waals surface area contributed by atoms with Crippen LogP contribution in [0.15, 0.2) is 24.3 Å². The van der Waals surface area contributed by atoms with Gasteiger partial charge in [0.1, 0.15) is 0 Å². The lowest BCUT2D eigenvalue weighted by atomic mass is 10.1. The van der Waals surface area contributed by atoms with Gasteiger partial charge in [-0.2, -0.15) is 0 Å². The summed E-state index contributed by atoms with van der Waals surface area (Å²) in [5.74, 6) is 0.198. The predicted octanol–water partition coefficient (Wildman–Crippen LogP) is 3.01. The van der Waals surface area contributed by atoms with E-state index in [0.29, 0.717) is 39.2 Å². The lowest BCUT2D eigenvalue weighted by Gasteiger charge is -2.34. The number of benzene rings is 1. The zero-order valence-electron chi connectivity index (χ0n) is 14.8. The van der Waals surface area contributed by atoms with E-state index in [1.807, 2.05) is 4.90 Å². The van der Waals surface area contributed by atoms with Crippen molar-refractivity contribution >= 4 is 12.0 Å². The van der Waals surface area contributed by atoms with Crippen LogP contribution in [0.4, 0.5) is 4.79 Å². The number of rotatable bonds is 6. The normalized spacial score (nSPS) is 14.6. The molecular weight excluding hydrogens is 304 g/mol. The lowest BCUT2D eigenvalue weighted by Crippen LogP contribution is -2.50. The van der Waals surface area contributed by atoms with Gasteiger partial charge < -0.3 is 14.5 Å². The minimum absolute atomic E-state index is 0.198. The number of ether oxygens (including phenoxy) is 1. The van der Waals surface area contributed by atoms with Crippen molar-refractivity contribution in [2.45, 2.75) is 39.5 Å². The summed E-state index contributed by atoms with van der Waals surface area (Å²) >= 11 is 0. The molecule has 1 aliphatic rings. The van der Waals surface area contributed by atoms with E-state index in [4.69, 9.17) is 4.74 Å². The third-order valence-corrected chi connectivity index (χ3v) is 4.37. The highest BCUT2D eigenvalue weighted by Gasteiger charge is 2.24. The highest BCUT2D eigenvalue weighted by molar-refractivity contribution is 5.76. The van der Waals surface area contributed by atoms with Gasteiger partial charge in [0, 0.05) is 39.0 Å². The Balaban J connectivity index is 1.67. The number of nitrogens with zero attached hydrogens (tertiary/aromatic N) is 2. The van der Waals surface area contributed by atoms with E-state index in [1.165, 1.54) is 11.1 Å². The third-order valence-electron chi connectivity index (χ3n) is 4.37. The molecule has 0 aromatic heterocycles. The molecule has 1 heterocycles. The van der Waals surface area contributed by atoms with E-state index in [-0.39, 0.29) is 12.0 Å². The molecule has 1 fully saturated rings. The van der Waals surface area contributed by atoms with Crippen LogP contribution in [0, 0.1) is 6.92 Å². The average Bonchev–Trinajstić information content (AvgIpc) is 2.61. The van der Waals surface area contributed by atoms with E-state index in [1.54, 1.807) is 4.90 Å². The van der Waals surface area contributed by atoms with Gasteiger partial charge in [-0.1, -0.05) is 43.2 Å². The number of hydrogen-bond acceptors (Lipinski definition) is 3. The summed E-state index contributed by atoms with van der Waals surface area (Å²) in [5, 5.41) is 0. The molecular formula is C19H28N2O3. The van der Waals surface area contributed by atoms with Crippen molar-refractivity contribution in [1.82, 2.24) is 9.80 Å². The first-order valence-corrected chi connectivity index (χ1v) is 8.85. The number of unbranched alkanes of at least 4 members (excludes halogenated alkanes) is 1. The second kappa shape index (κ2) is 9.30. The second-order valence-corrected chi connectivity index (χ2v) is 6.32. The van der Waals surface area contributed by atoms with E-state index in [2.05, 4.69) is 38.1 Å². The Bertz CT molecular complexity index is 534. The van der Waals surface area contributed by atoms with Crippen LogP contribution in [0.25, 0.3) is 0 Å². The van der Waals surface area contributed by atoms with Crippen LogP contribution in [-0.4, -0.2) is 54.6 Å². The van der Waals surface area contributed by atoms with Gasteiger partial charge in [0.2, 0.25) is 5.91 Å². The molecule has 132 valence electrons. The van der Waals surface area contributed by atoms with Crippen LogP contribution in [-0.2, 0) is 16.0 Å². The fraction of sp³-hybridized carbons (Fsp3) is 0.579. The summed E-state index contributed by atoms with van der Waals surface area (Å²) in [6.07, 6.45) is 3.01. The fourth-order valence-corrected chi connectivity index (χ4v) is 2.73. The summed E-state index contributed by atoms with van der Waals surface area (Å²) in [6.45, 7) is 6.85. The Labute approximate surface area is 144 Å². The Kier molecular flexibility index (Phi) is 7.09. The molecule has 0 saturated carbocycles. The van der Waals surface area contributed by atoms with Crippen molar-refractivity contribution in [2.75, 3.05) is 32.8 Å². The maximum absolute atomic E-state index is 12.1. The van der Waals surface area contributed by atoms with Crippen LogP contribution in [0.3, 0.4) is 0 Å². The van der Waals surface area contributed by atoms with Crippen LogP contribution < -0.4 is 0 Å². The quantitative estimate of drug-likeness (QED) is 0.804. The molecule has 1 saturated heterocycles. The zero-order chi connectivity index (χ0) is 17.4. The third kappa shape index (κ3) is 5.55. The predicted molar refractivity (Wildman–Crippen MR) is 93.9 cm³/mol. The van der Waals surface area contributed by atoms with Gasteiger partial charge in [-0.3, -0.25) is 4.79 Å². The first-order chi connectivity index (χ1) is 11.6. The molecule has 0 unspecified atom stereocenters. The largest absolute Gasteiger partial charge is 0.449 e. The molecule has 1 aromatic rings. The molecule has 5 nitrogen and oxygen atoms in total. The van der Waals surface area contributed by atoms with Gasteiger partial charge >= 0.3 is 6.09 Å². The maximum Gasteiger partial charge on any atom is 0.409 e. The Morgan fingerprint density at radius 2 is 1.67 bits per heavy atom. The standard InChI is InChI=1S/C19H28N2O3/c1-3-4-5-18(22)20-11-13-21(14-12-20)19(23)24-15-10-17-8-6-16(2)7-9-17/h6-9H,3-5,10-15H2,1-2H3. The Morgan fingerprint density at radius 3 is 2.29 bits per heavy atom. The van der Waals surface area contributed by atoms with E-state index in [0.717, 1.165) is 19.3 Å². The maximum atomic E-state index is 12.1. The number of piperazine rings is 1. The van der Waals surface area contributed by atoms with Crippen LogP contribution in [0.5, 0.6) is 0 Å². The molecule has 1 aromatic carbocycles. The fourth-order valence-electron chi connectivity index (χ4n) is 2.73. The lowest BCUT2D eigenvalue weighted by molar-refractivity contribution is -0.132. The molecule has 5 heteroatoms. The smallest absolute Gasteiger partial charge is 0.409 e. The number of hydrogen-bond donors (Lipinski definition) is 0. The summed E-state index contributed by atoms with van der Waals surface area (Å²) in [7, 11) is 0. The summed E-state index contributed by atoms with van der Waals surface area (Å²) in [4.78, 5) is 27.6. The minimum atomic E-state index is -0.275. The topological polar surface area (TPSA) is 49.9 Å². The number of carbonyl (C=O) groups excluding carboxylic acids is 2. The molecule has 24 heavy (non-hydrogen) atoms. The Hall–Kier alpha value is -2.04. The summed E-state index contributed by atoms with van der Waals surface area (Å²) in [5.41, 5.74) is 2.39. The molecule has 0 bridgehead atoms. The van der Waals surface area contributed by atoms with Crippen molar-refractivity contribution in [3.05, 3.63) is 35.4 Å². The molecule has 0 N–H and O–H groups in total. The van der Waals surface area contributed by atoms with Gasteiger partial charge in [0.15, 0.2) is 0 Å². The van der Waals surface area contributed by atoms with Crippen molar-refractivity contribution in [3.63, 3.8) is 0 Å². The first kappa shape index (κ1) is 18.3. The van der Waals surface area contributed by atoms with Gasteiger partial charge in [-0.25, -0.2) is 4.79 Å². The monoisotopic (exact) mass is 332 g/mol. The highest BCUT2D eigenvalue weighted by atomic mass is 16.6. The zero-order valence-corrected chi connectivity index (χ0v) is 14.8. The first-order valence-electron chi connectivity index (χ1n) is 8.85. The molecule has 2 amide bonds. The molecule has 0 spiro atoms. The van der Waals surface area contributed by atoms with Crippen molar-refractivity contribution in [2.24, 2.45) is 0 Å². The average molecular weight is 332 g/mol. The van der Waals surface area contributed by atoms with Crippen LogP contribution in [0.1, 0.15) is 37.3 Å². The molecule has 0 radical (unpaired) electrons. The molecule has 0 aliphatic carbocycles. The summed E-state index contributed by atoms with van der Waals surface area (Å²) in [6, 6.07) is 8.24. The number of carbonyl (C=O) groups is 2. The molecule has 2 rings (SSSR count). The van der Waals surface area contributed by atoms with E-state index in [9.17, 15) is 9.59 Å². The van der Waals surface area contributed by atoms with Crippen molar-refractivity contribution in [1.29, 1.82) is 0 Å². The van der Waals surface area contributed by atoms with Crippen molar-refractivity contribution in [3.8, 4) is 0 Å². The Morgan fingerprint density at radius 1 is 1.04 bits per heavy atom. The van der Waals surface area contributed by atoms with Gasteiger partial charge in [0.25, 0.3) is 0 Å². The number of amides is 2. The van der Waals surface area contributed by atoms with Gasteiger partial charge in [0.05, 0.1) is 6.61 Å². The molecule has 1 aliphatic heterocycles. The summed E-state index contributed by atoms with van der Waals surface area (Å²) < 4.78 is 5.36. The van der Waals surface area contributed by atoms with Gasteiger partial charge in [-0.15, -0.1) is 0 Å². The SMILES string of the molecule is CCCCC(=O)N1CCN(C(=O)OCCc2ccc(C)cc2)CC1. The van der Waals surface area contributed by atoms with E-state index >= 15 is 0 Å². The van der Waals surface area contributed by atoms with Crippen LogP contribution in [0.2, 0.25) is 0 Å². The highest BCUT2D eigenvalue weighted by Crippen LogP contribution is 2.08.